The lowest BCUT2D eigenvalue weighted by atomic mass is 9.93. The number of hydrogen-bond acceptors (Lipinski definition) is 4. The lowest BCUT2D eigenvalue weighted by molar-refractivity contribution is -0.384. The quantitative estimate of drug-likeness (QED) is 0.672. The van der Waals surface area contributed by atoms with Crippen LogP contribution in [0.15, 0.2) is 24.3 Å². The number of carboxylic acids is 1. The van der Waals surface area contributed by atoms with Crippen molar-refractivity contribution in [2.24, 2.45) is 5.92 Å². The molecule has 7 heteroatoms. The zero-order valence-corrected chi connectivity index (χ0v) is 11.1. The Labute approximate surface area is 120 Å². The first-order valence-corrected chi connectivity index (χ1v) is 6.77. The third kappa shape index (κ3) is 2.35. The van der Waals surface area contributed by atoms with Gasteiger partial charge >= 0.3 is 5.97 Å². The maximum Gasteiger partial charge on any atom is 0.309 e. The molecule has 2 aliphatic rings. The number of carbonyl (C=O) groups excluding carboxylic acids is 1. The van der Waals surface area contributed by atoms with E-state index in [1.807, 2.05) is 0 Å². The Hall–Kier alpha value is -2.44. The molecule has 2 unspecified atom stereocenters. The van der Waals surface area contributed by atoms with Crippen LogP contribution in [0.5, 0.6) is 0 Å². The van der Waals surface area contributed by atoms with E-state index in [1.54, 1.807) is 17.0 Å². The molecular weight excluding hydrogens is 276 g/mol. The smallest absolute Gasteiger partial charge is 0.309 e. The summed E-state index contributed by atoms with van der Waals surface area (Å²) in [5.74, 6) is -1.94. The number of benzene rings is 1. The summed E-state index contributed by atoms with van der Waals surface area (Å²) < 4.78 is 0. The number of amides is 1. The fourth-order valence-corrected chi connectivity index (χ4v) is 2.95. The van der Waals surface area contributed by atoms with Gasteiger partial charge in [0, 0.05) is 24.6 Å². The lowest BCUT2D eigenvalue weighted by Crippen LogP contribution is -2.32. The summed E-state index contributed by atoms with van der Waals surface area (Å²) in [6, 6.07) is 5.38. The topological polar surface area (TPSA) is 101 Å². The van der Waals surface area contributed by atoms with Crippen molar-refractivity contribution in [1.29, 1.82) is 0 Å². The van der Waals surface area contributed by atoms with Gasteiger partial charge in [-0.1, -0.05) is 12.1 Å². The Bertz CT molecular complexity index is 608. The lowest BCUT2D eigenvalue weighted by Gasteiger charge is -2.27. The van der Waals surface area contributed by atoms with E-state index < -0.39 is 22.9 Å². The van der Waals surface area contributed by atoms with Gasteiger partial charge < -0.3 is 10.0 Å². The first-order valence-electron chi connectivity index (χ1n) is 6.77. The summed E-state index contributed by atoms with van der Waals surface area (Å²) in [5, 5.41) is 20.0. The zero-order valence-electron chi connectivity index (χ0n) is 11.1. The van der Waals surface area contributed by atoms with Crippen LogP contribution in [0.1, 0.15) is 30.9 Å². The zero-order chi connectivity index (χ0) is 15.1. The minimum absolute atomic E-state index is 0.00646. The van der Waals surface area contributed by atoms with E-state index >= 15 is 0 Å². The molecule has 1 aromatic carbocycles. The van der Waals surface area contributed by atoms with E-state index in [-0.39, 0.29) is 24.1 Å². The Kier molecular flexibility index (Phi) is 3.12. The van der Waals surface area contributed by atoms with Crippen LogP contribution >= 0.6 is 0 Å². The van der Waals surface area contributed by atoms with Crippen molar-refractivity contribution in [3.05, 3.63) is 39.9 Å². The Morgan fingerprint density at radius 2 is 1.90 bits per heavy atom. The van der Waals surface area contributed by atoms with E-state index in [1.165, 1.54) is 12.1 Å². The summed E-state index contributed by atoms with van der Waals surface area (Å²) >= 11 is 0. The molecule has 1 N–H and O–H groups in total. The SMILES string of the molecule is O=C(O)C1CC(=O)N(C2CC2)C1c1ccc([N+](=O)[O-])cc1. The number of nitro groups is 1. The van der Waals surface area contributed by atoms with Gasteiger partial charge in [0.25, 0.3) is 5.69 Å². The number of likely N-dealkylation sites (tertiary alicyclic amines) is 1. The number of hydrogen-bond donors (Lipinski definition) is 1. The fraction of sp³-hybridized carbons (Fsp3) is 0.429. The van der Waals surface area contributed by atoms with Crippen LogP contribution in [0.2, 0.25) is 0 Å². The van der Waals surface area contributed by atoms with Crippen molar-refractivity contribution in [3.63, 3.8) is 0 Å². The Balaban J connectivity index is 1.96. The van der Waals surface area contributed by atoms with Gasteiger partial charge in [-0.05, 0) is 18.4 Å². The number of non-ortho nitro benzene ring substituents is 1. The number of carbonyl (C=O) groups is 2. The Morgan fingerprint density at radius 3 is 2.38 bits per heavy atom. The molecule has 110 valence electrons. The average molecular weight is 290 g/mol. The molecule has 2 atom stereocenters. The normalized spacial score (nSPS) is 25.1. The van der Waals surface area contributed by atoms with E-state index in [9.17, 15) is 24.8 Å². The van der Waals surface area contributed by atoms with Gasteiger partial charge in [0.15, 0.2) is 0 Å². The van der Waals surface area contributed by atoms with Crippen molar-refractivity contribution in [3.8, 4) is 0 Å². The molecule has 0 radical (unpaired) electrons. The second kappa shape index (κ2) is 4.83. The summed E-state index contributed by atoms with van der Waals surface area (Å²) in [5.41, 5.74) is 0.596. The van der Waals surface area contributed by atoms with Gasteiger partial charge in [0.1, 0.15) is 0 Å². The molecule has 1 aliphatic carbocycles. The maximum absolute atomic E-state index is 12.1. The van der Waals surface area contributed by atoms with Gasteiger partial charge in [-0.3, -0.25) is 19.7 Å². The molecule has 2 fully saturated rings. The molecule has 0 bridgehead atoms. The van der Waals surface area contributed by atoms with Gasteiger partial charge in [0.05, 0.1) is 16.9 Å². The first-order chi connectivity index (χ1) is 9.99. The van der Waals surface area contributed by atoms with E-state index in [0.29, 0.717) is 5.56 Å². The highest BCUT2D eigenvalue weighted by Gasteiger charge is 2.49. The third-order valence-electron chi connectivity index (χ3n) is 4.07. The second-order valence-electron chi connectivity index (χ2n) is 5.47. The van der Waals surface area contributed by atoms with Crippen molar-refractivity contribution in [2.45, 2.75) is 31.3 Å². The molecule has 1 heterocycles. The molecule has 0 aromatic heterocycles. The first kappa shape index (κ1) is 13.5. The van der Waals surface area contributed by atoms with E-state index in [0.717, 1.165) is 12.8 Å². The highest BCUT2D eigenvalue weighted by Crippen LogP contribution is 2.45. The highest BCUT2D eigenvalue weighted by molar-refractivity contribution is 5.87. The standard InChI is InChI=1S/C14H14N2O5/c17-12-7-11(14(18)19)13(15(12)9-5-6-9)8-1-3-10(4-2-8)16(20)21/h1-4,9,11,13H,5-7H2,(H,18,19). The number of aliphatic carboxylic acids is 1. The summed E-state index contributed by atoms with van der Waals surface area (Å²) in [4.78, 5) is 35.3. The van der Waals surface area contributed by atoms with Gasteiger partial charge in [-0.25, -0.2) is 0 Å². The van der Waals surface area contributed by atoms with Crippen LogP contribution in [-0.4, -0.2) is 32.8 Å². The van der Waals surface area contributed by atoms with Crippen molar-refractivity contribution < 1.29 is 19.6 Å². The Morgan fingerprint density at radius 1 is 1.29 bits per heavy atom. The largest absolute Gasteiger partial charge is 0.481 e. The van der Waals surface area contributed by atoms with E-state index in [2.05, 4.69) is 0 Å². The summed E-state index contributed by atoms with van der Waals surface area (Å²) in [6.45, 7) is 0. The van der Waals surface area contributed by atoms with Crippen LogP contribution in [0, 0.1) is 16.0 Å². The molecule has 1 aromatic rings. The van der Waals surface area contributed by atoms with Crippen LogP contribution in [0.3, 0.4) is 0 Å². The third-order valence-corrected chi connectivity index (χ3v) is 4.07. The molecule has 0 spiro atoms. The number of rotatable bonds is 4. The number of nitrogens with zero attached hydrogens (tertiary/aromatic N) is 2. The molecule has 1 aliphatic heterocycles. The van der Waals surface area contributed by atoms with Crippen molar-refractivity contribution in [2.75, 3.05) is 0 Å². The fourth-order valence-electron chi connectivity index (χ4n) is 2.95. The van der Waals surface area contributed by atoms with Gasteiger partial charge in [-0.15, -0.1) is 0 Å². The van der Waals surface area contributed by atoms with Gasteiger partial charge in [-0.2, -0.15) is 0 Å². The molecule has 7 nitrogen and oxygen atoms in total. The van der Waals surface area contributed by atoms with Crippen molar-refractivity contribution >= 4 is 17.6 Å². The summed E-state index contributed by atoms with van der Waals surface area (Å²) in [6.07, 6.45) is 1.77. The van der Waals surface area contributed by atoms with Crippen LogP contribution in [0.4, 0.5) is 5.69 Å². The minimum atomic E-state index is -1.00. The van der Waals surface area contributed by atoms with Crippen molar-refractivity contribution in [1.82, 2.24) is 4.90 Å². The predicted molar refractivity (Wildman–Crippen MR) is 71.4 cm³/mol. The van der Waals surface area contributed by atoms with E-state index in [4.69, 9.17) is 0 Å². The van der Waals surface area contributed by atoms with Crippen LogP contribution in [-0.2, 0) is 9.59 Å². The average Bonchev–Trinajstić information content (AvgIpc) is 3.21. The molecule has 21 heavy (non-hydrogen) atoms. The molecule has 1 saturated heterocycles. The minimum Gasteiger partial charge on any atom is -0.481 e. The van der Waals surface area contributed by atoms with Crippen LogP contribution < -0.4 is 0 Å². The van der Waals surface area contributed by atoms with Crippen LogP contribution in [0.25, 0.3) is 0 Å². The molecule has 3 rings (SSSR count). The molecule has 1 saturated carbocycles. The maximum atomic E-state index is 12.1. The molecular formula is C14H14N2O5. The molecule has 1 amide bonds. The predicted octanol–water partition coefficient (Wildman–Crippen LogP) is 1.73. The summed E-state index contributed by atoms with van der Waals surface area (Å²) in [7, 11) is 0. The second-order valence-corrected chi connectivity index (χ2v) is 5.47. The number of carboxylic acid groups (broad SMARTS) is 1. The number of nitro benzene ring substituents is 1. The van der Waals surface area contributed by atoms with Gasteiger partial charge in [0.2, 0.25) is 5.91 Å². The monoisotopic (exact) mass is 290 g/mol. The highest BCUT2D eigenvalue weighted by atomic mass is 16.6.